The molecule has 84 valence electrons. The SMILES string of the molecule is CCc1cc2n[nH]c(=O)n2c(NC2CC2)n1. The lowest BCUT2D eigenvalue weighted by Crippen LogP contribution is -2.17. The molecule has 2 N–H and O–H groups in total. The lowest BCUT2D eigenvalue weighted by atomic mass is 10.3. The van der Waals surface area contributed by atoms with Crippen molar-refractivity contribution < 1.29 is 0 Å². The smallest absolute Gasteiger partial charge is 0.350 e. The number of hydrogen-bond acceptors (Lipinski definition) is 4. The summed E-state index contributed by atoms with van der Waals surface area (Å²) in [5.74, 6) is 0.607. The zero-order chi connectivity index (χ0) is 11.1. The molecule has 16 heavy (non-hydrogen) atoms. The minimum Gasteiger partial charge on any atom is -0.352 e. The fourth-order valence-electron chi connectivity index (χ4n) is 1.67. The van der Waals surface area contributed by atoms with Gasteiger partial charge in [0.25, 0.3) is 0 Å². The Bertz CT molecular complexity index is 580. The molecular weight excluding hydrogens is 206 g/mol. The highest BCUT2D eigenvalue weighted by atomic mass is 16.1. The van der Waals surface area contributed by atoms with Crippen LogP contribution < -0.4 is 11.0 Å². The van der Waals surface area contributed by atoms with Crippen molar-refractivity contribution in [2.24, 2.45) is 0 Å². The van der Waals surface area contributed by atoms with E-state index in [9.17, 15) is 4.79 Å². The summed E-state index contributed by atoms with van der Waals surface area (Å²) in [6, 6.07) is 2.29. The van der Waals surface area contributed by atoms with Crippen LogP contribution >= 0.6 is 0 Å². The van der Waals surface area contributed by atoms with Gasteiger partial charge in [0.1, 0.15) is 0 Å². The topological polar surface area (TPSA) is 75.1 Å². The first-order valence-electron chi connectivity index (χ1n) is 5.51. The maximum Gasteiger partial charge on any atom is 0.350 e. The zero-order valence-corrected chi connectivity index (χ0v) is 9.03. The number of nitrogens with one attached hydrogen (secondary N) is 2. The van der Waals surface area contributed by atoms with Crippen LogP contribution in [0.4, 0.5) is 5.95 Å². The summed E-state index contributed by atoms with van der Waals surface area (Å²) in [6.07, 6.45) is 3.12. The first kappa shape index (κ1) is 9.38. The zero-order valence-electron chi connectivity index (χ0n) is 9.03. The molecule has 0 amide bonds. The van der Waals surface area contributed by atoms with Gasteiger partial charge in [-0.25, -0.2) is 19.3 Å². The van der Waals surface area contributed by atoms with Crippen molar-refractivity contribution in [2.75, 3.05) is 5.32 Å². The molecule has 0 radical (unpaired) electrons. The number of nitrogens with zero attached hydrogens (tertiary/aromatic N) is 3. The standard InChI is InChI=1S/C10H13N5O/c1-2-6-5-8-13-14-10(16)15(8)9(11-6)12-7-3-4-7/h5,7H,2-4H2,1H3,(H,11,12)(H,14,16). The van der Waals surface area contributed by atoms with E-state index in [4.69, 9.17) is 0 Å². The Morgan fingerprint density at radius 1 is 1.62 bits per heavy atom. The highest BCUT2D eigenvalue weighted by molar-refractivity contribution is 5.46. The quantitative estimate of drug-likeness (QED) is 0.790. The summed E-state index contributed by atoms with van der Waals surface area (Å²) in [4.78, 5) is 16.0. The van der Waals surface area contributed by atoms with Gasteiger partial charge in [0.2, 0.25) is 5.95 Å². The number of fused-ring (bicyclic) bond motifs is 1. The molecule has 2 aromatic heterocycles. The summed E-state index contributed by atoms with van der Waals surface area (Å²) in [5, 5.41) is 9.65. The van der Waals surface area contributed by atoms with Crippen LogP contribution in [0.3, 0.4) is 0 Å². The molecule has 3 rings (SSSR count). The number of H-pyrrole nitrogens is 1. The highest BCUT2D eigenvalue weighted by Crippen LogP contribution is 2.23. The van der Waals surface area contributed by atoms with Gasteiger partial charge in [-0.1, -0.05) is 6.92 Å². The first-order valence-corrected chi connectivity index (χ1v) is 5.51. The van der Waals surface area contributed by atoms with E-state index in [2.05, 4.69) is 20.5 Å². The van der Waals surface area contributed by atoms with E-state index in [-0.39, 0.29) is 5.69 Å². The summed E-state index contributed by atoms with van der Waals surface area (Å²) in [6.45, 7) is 2.03. The van der Waals surface area contributed by atoms with E-state index in [0.717, 1.165) is 25.0 Å². The van der Waals surface area contributed by atoms with Gasteiger partial charge in [0, 0.05) is 17.8 Å². The number of hydrogen-bond donors (Lipinski definition) is 2. The van der Waals surface area contributed by atoms with Crippen LogP contribution in [0, 0.1) is 0 Å². The normalized spacial score (nSPS) is 15.6. The van der Waals surface area contributed by atoms with Crippen molar-refractivity contribution in [3.8, 4) is 0 Å². The molecule has 0 bridgehead atoms. The van der Waals surface area contributed by atoms with Crippen LogP contribution in [-0.4, -0.2) is 25.6 Å². The Morgan fingerprint density at radius 2 is 2.44 bits per heavy atom. The molecule has 1 saturated carbocycles. The fourth-order valence-corrected chi connectivity index (χ4v) is 1.67. The molecular formula is C10H13N5O. The van der Waals surface area contributed by atoms with Crippen molar-refractivity contribution in [3.05, 3.63) is 22.2 Å². The molecule has 0 aromatic carbocycles. The lowest BCUT2D eigenvalue weighted by Gasteiger charge is -2.07. The molecule has 1 fully saturated rings. The summed E-state index contributed by atoms with van der Waals surface area (Å²) in [5.41, 5.74) is 1.32. The van der Waals surface area contributed by atoms with Crippen LogP contribution in [0.15, 0.2) is 10.9 Å². The predicted molar refractivity (Wildman–Crippen MR) is 59.6 cm³/mol. The second kappa shape index (κ2) is 3.33. The molecule has 2 heterocycles. The van der Waals surface area contributed by atoms with Gasteiger partial charge < -0.3 is 5.32 Å². The third-order valence-electron chi connectivity index (χ3n) is 2.73. The molecule has 0 aliphatic heterocycles. The lowest BCUT2D eigenvalue weighted by molar-refractivity contribution is 0.931. The van der Waals surface area contributed by atoms with Gasteiger partial charge in [-0.15, -0.1) is 0 Å². The third-order valence-corrected chi connectivity index (χ3v) is 2.73. The van der Waals surface area contributed by atoms with Crippen molar-refractivity contribution >= 4 is 11.6 Å². The largest absolute Gasteiger partial charge is 0.352 e. The van der Waals surface area contributed by atoms with Crippen molar-refractivity contribution in [2.45, 2.75) is 32.2 Å². The van der Waals surface area contributed by atoms with E-state index in [0.29, 0.717) is 17.6 Å². The third kappa shape index (κ3) is 1.46. The van der Waals surface area contributed by atoms with E-state index < -0.39 is 0 Å². The van der Waals surface area contributed by atoms with Gasteiger partial charge in [-0.3, -0.25) is 0 Å². The van der Waals surface area contributed by atoms with Crippen LogP contribution in [0.5, 0.6) is 0 Å². The van der Waals surface area contributed by atoms with Crippen molar-refractivity contribution in [3.63, 3.8) is 0 Å². The molecule has 1 aliphatic rings. The van der Waals surface area contributed by atoms with E-state index >= 15 is 0 Å². The maximum atomic E-state index is 11.6. The van der Waals surface area contributed by atoms with Gasteiger partial charge >= 0.3 is 5.69 Å². The van der Waals surface area contributed by atoms with Crippen LogP contribution in [-0.2, 0) is 6.42 Å². The number of aryl methyl sites for hydroxylation is 1. The summed E-state index contributed by atoms with van der Waals surface area (Å²) in [7, 11) is 0. The fraction of sp³-hybridized carbons (Fsp3) is 0.500. The minimum atomic E-state index is -0.242. The molecule has 0 atom stereocenters. The van der Waals surface area contributed by atoms with Gasteiger partial charge in [0.15, 0.2) is 5.65 Å². The molecule has 6 nitrogen and oxygen atoms in total. The summed E-state index contributed by atoms with van der Waals surface area (Å²) >= 11 is 0. The number of aromatic amines is 1. The number of aromatic nitrogens is 4. The molecule has 0 saturated heterocycles. The van der Waals surface area contributed by atoms with Gasteiger partial charge in [-0.05, 0) is 19.3 Å². The molecule has 2 aromatic rings. The molecule has 0 unspecified atom stereocenters. The van der Waals surface area contributed by atoms with Crippen LogP contribution in [0.25, 0.3) is 5.65 Å². The Hall–Kier alpha value is -1.85. The molecule has 1 aliphatic carbocycles. The Morgan fingerprint density at radius 3 is 3.12 bits per heavy atom. The minimum absolute atomic E-state index is 0.242. The highest BCUT2D eigenvalue weighted by Gasteiger charge is 2.23. The van der Waals surface area contributed by atoms with E-state index in [1.54, 1.807) is 0 Å². The first-order chi connectivity index (χ1) is 7.78. The average Bonchev–Trinajstić information content (AvgIpc) is 3.02. The predicted octanol–water partition coefficient (Wildman–Crippen LogP) is 0.554. The average molecular weight is 219 g/mol. The Kier molecular flexibility index (Phi) is 1.95. The van der Waals surface area contributed by atoms with Crippen LogP contribution in [0.2, 0.25) is 0 Å². The van der Waals surface area contributed by atoms with Crippen LogP contribution in [0.1, 0.15) is 25.5 Å². The van der Waals surface area contributed by atoms with E-state index in [1.165, 1.54) is 4.40 Å². The number of rotatable bonds is 3. The second-order valence-corrected chi connectivity index (χ2v) is 4.07. The maximum absolute atomic E-state index is 11.6. The summed E-state index contributed by atoms with van der Waals surface area (Å²) < 4.78 is 1.48. The van der Waals surface area contributed by atoms with Crippen molar-refractivity contribution in [1.82, 2.24) is 19.6 Å². The number of anilines is 1. The molecule has 0 spiro atoms. The van der Waals surface area contributed by atoms with Crippen molar-refractivity contribution in [1.29, 1.82) is 0 Å². The second-order valence-electron chi connectivity index (χ2n) is 4.07. The monoisotopic (exact) mass is 219 g/mol. The Balaban J connectivity index is 2.19. The van der Waals surface area contributed by atoms with E-state index in [1.807, 2.05) is 13.0 Å². The molecule has 6 heteroatoms. The Labute approximate surface area is 91.7 Å². The van der Waals surface area contributed by atoms with Gasteiger partial charge in [0.05, 0.1) is 0 Å². The van der Waals surface area contributed by atoms with Gasteiger partial charge in [-0.2, -0.15) is 5.10 Å².